The van der Waals surface area contributed by atoms with E-state index in [-0.39, 0.29) is 11.8 Å². The van der Waals surface area contributed by atoms with Crippen LogP contribution in [0.25, 0.3) is 22.4 Å². The Morgan fingerprint density at radius 1 is 1.12 bits per heavy atom. The molecule has 1 aliphatic heterocycles. The van der Waals surface area contributed by atoms with E-state index in [0.29, 0.717) is 42.9 Å². The van der Waals surface area contributed by atoms with E-state index in [0.717, 1.165) is 10.9 Å². The Labute approximate surface area is 150 Å². The first-order valence-electron chi connectivity index (χ1n) is 8.59. The van der Waals surface area contributed by atoms with Gasteiger partial charge in [0, 0.05) is 18.5 Å². The molecule has 1 aliphatic rings. The molecule has 6 nitrogen and oxygen atoms in total. The number of nitrogens with zero attached hydrogens (tertiary/aromatic N) is 2. The van der Waals surface area contributed by atoms with Gasteiger partial charge in [-0.25, -0.2) is 4.98 Å². The minimum atomic E-state index is -0.786. The number of rotatable bonds is 3. The number of hydrogen-bond donors (Lipinski definition) is 1. The maximum Gasteiger partial charge on any atom is 0.306 e. The van der Waals surface area contributed by atoms with Crippen LogP contribution >= 0.6 is 0 Å². The summed E-state index contributed by atoms with van der Waals surface area (Å²) in [6.07, 6.45) is 2.54. The standard InChI is InChI=1S/C20H18N2O4/c23-19(22-9-7-13(8-10-22)20(24)25)15-12-17(18-6-3-11-26-18)21-16-5-2-1-4-14(15)16/h1-6,11-13H,7-10H2,(H,24,25). The molecule has 1 N–H and O–H groups in total. The third kappa shape index (κ3) is 2.94. The van der Waals surface area contributed by atoms with Gasteiger partial charge < -0.3 is 14.4 Å². The molecule has 0 bridgehead atoms. The molecule has 0 radical (unpaired) electrons. The van der Waals surface area contributed by atoms with Gasteiger partial charge in [-0.3, -0.25) is 9.59 Å². The Bertz CT molecular complexity index is 957. The smallest absolute Gasteiger partial charge is 0.306 e. The molecule has 0 aliphatic carbocycles. The lowest BCUT2D eigenvalue weighted by Crippen LogP contribution is -2.40. The van der Waals surface area contributed by atoms with Crippen molar-refractivity contribution in [2.45, 2.75) is 12.8 Å². The zero-order valence-electron chi connectivity index (χ0n) is 14.1. The van der Waals surface area contributed by atoms with Crippen molar-refractivity contribution in [3.05, 3.63) is 54.3 Å². The van der Waals surface area contributed by atoms with Crippen LogP contribution in [0.3, 0.4) is 0 Å². The predicted molar refractivity (Wildman–Crippen MR) is 95.7 cm³/mol. The highest BCUT2D eigenvalue weighted by atomic mass is 16.4. The van der Waals surface area contributed by atoms with Gasteiger partial charge in [-0.05, 0) is 37.1 Å². The minimum Gasteiger partial charge on any atom is -0.481 e. The molecule has 132 valence electrons. The number of furan rings is 1. The minimum absolute atomic E-state index is 0.0970. The number of aliphatic carboxylic acids is 1. The number of carbonyl (C=O) groups is 2. The average Bonchev–Trinajstić information content (AvgIpc) is 3.21. The summed E-state index contributed by atoms with van der Waals surface area (Å²) in [5.74, 6) is -0.645. The van der Waals surface area contributed by atoms with Crippen molar-refractivity contribution in [1.29, 1.82) is 0 Å². The zero-order chi connectivity index (χ0) is 18.1. The van der Waals surface area contributed by atoms with E-state index in [1.807, 2.05) is 30.3 Å². The number of amides is 1. The SMILES string of the molecule is O=C(O)C1CCN(C(=O)c2cc(-c3ccco3)nc3ccccc23)CC1. The highest BCUT2D eigenvalue weighted by molar-refractivity contribution is 6.07. The quantitative estimate of drug-likeness (QED) is 0.782. The van der Waals surface area contributed by atoms with Crippen LogP contribution in [0.15, 0.2) is 53.1 Å². The van der Waals surface area contributed by atoms with Crippen molar-refractivity contribution >= 4 is 22.8 Å². The zero-order valence-corrected chi connectivity index (χ0v) is 14.1. The van der Waals surface area contributed by atoms with Crippen molar-refractivity contribution in [2.24, 2.45) is 5.92 Å². The van der Waals surface area contributed by atoms with Crippen LogP contribution in [0.2, 0.25) is 0 Å². The van der Waals surface area contributed by atoms with Crippen molar-refractivity contribution in [1.82, 2.24) is 9.88 Å². The Balaban J connectivity index is 1.71. The number of likely N-dealkylation sites (tertiary alicyclic amines) is 1. The summed E-state index contributed by atoms with van der Waals surface area (Å²) in [6.45, 7) is 0.894. The van der Waals surface area contributed by atoms with Crippen LogP contribution in [0.5, 0.6) is 0 Å². The molecule has 2 aromatic heterocycles. The molecule has 0 unspecified atom stereocenters. The summed E-state index contributed by atoms with van der Waals surface area (Å²) < 4.78 is 5.44. The van der Waals surface area contributed by atoms with Gasteiger partial charge in [0.2, 0.25) is 0 Å². The van der Waals surface area contributed by atoms with Crippen LogP contribution in [0.1, 0.15) is 23.2 Å². The Morgan fingerprint density at radius 2 is 1.88 bits per heavy atom. The lowest BCUT2D eigenvalue weighted by Gasteiger charge is -2.30. The molecule has 26 heavy (non-hydrogen) atoms. The molecule has 6 heteroatoms. The summed E-state index contributed by atoms with van der Waals surface area (Å²) >= 11 is 0. The number of piperidine rings is 1. The predicted octanol–water partition coefficient (Wildman–Crippen LogP) is 3.43. The van der Waals surface area contributed by atoms with E-state index >= 15 is 0 Å². The van der Waals surface area contributed by atoms with E-state index in [1.54, 1.807) is 23.3 Å². The second kappa shape index (κ2) is 6.63. The molecule has 0 atom stereocenters. The first-order chi connectivity index (χ1) is 12.6. The number of pyridine rings is 1. The first-order valence-corrected chi connectivity index (χ1v) is 8.59. The molecule has 3 aromatic rings. The summed E-state index contributed by atoms with van der Waals surface area (Å²) in [6, 6.07) is 12.9. The van der Waals surface area contributed by atoms with Gasteiger partial charge >= 0.3 is 5.97 Å². The second-order valence-corrected chi connectivity index (χ2v) is 6.45. The number of carboxylic acid groups (broad SMARTS) is 1. The maximum absolute atomic E-state index is 13.1. The van der Waals surface area contributed by atoms with Gasteiger partial charge in [0.1, 0.15) is 5.69 Å². The van der Waals surface area contributed by atoms with Crippen LogP contribution in [0.4, 0.5) is 0 Å². The van der Waals surface area contributed by atoms with E-state index in [9.17, 15) is 9.59 Å². The van der Waals surface area contributed by atoms with Crippen molar-refractivity contribution in [2.75, 3.05) is 13.1 Å². The van der Waals surface area contributed by atoms with Gasteiger partial charge in [0.25, 0.3) is 5.91 Å². The number of carboxylic acids is 1. The molecule has 1 amide bonds. The molecule has 3 heterocycles. The third-order valence-corrected chi connectivity index (χ3v) is 4.85. The monoisotopic (exact) mass is 350 g/mol. The Hall–Kier alpha value is -3.15. The number of hydrogen-bond acceptors (Lipinski definition) is 4. The van der Waals surface area contributed by atoms with Crippen molar-refractivity contribution in [3.8, 4) is 11.5 Å². The van der Waals surface area contributed by atoms with Crippen LogP contribution in [0, 0.1) is 5.92 Å². The first kappa shape index (κ1) is 16.3. The maximum atomic E-state index is 13.1. The van der Waals surface area contributed by atoms with E-state index in [4.69, 9.17) is 9.52 Å². The summed E-state index contributed by atoms with van der Waals surface area (Å²) in [5, 5.41) is 9.93. The number of aromatic nitrogens is 1. The summed E-state index contributed by atoms with van der Waals surface area (Å²) in [5.41, 5.74) is 1.90. The number of fused-ring (bicyclic) bond motifs is 1. The van der Waals surface area contributed by atoms with Gasteiger partial charge in [-0.1, -0.05) is 18.2 Å². The lowest BCUT2D eigenvalue weighted by atomic mass is 9.96. The molecule has 1 aromatic carbocycles. The third-order valence-electron chi connectivity index (χ3n) is 4.85. The van der Waals surface area contributed by atoms with Gasteiger partial charge in [-0.15, -0.1) is 0 Å². The molecular weight excluding hydrogens is 332 g/mol. The van der Waals surface area contributed by atoms with Crippen LogP contribution in [-0.4, -0.2) is 40.0 Å². The molecule has 0 saturated carbocycles. The second-order valence-electron chi connectivity index (χ2n) is 6.45. The highest BCUT2D eigenvalue weighted by Gasteiger charge is 2.28. The van der Waals surface area contributed by atoms with E-state index in [2.05, 4.69) is 4.98 Å². The lowest BCUT2D eigenvalue weighted by molar-refractivity contribution is -0.143. The number of para-hydroxylation sites is 1. The molecule has 1 fully saturated rings. The topological polar surface area (TPSA) is 83.6 Å². The van der Waals surface area contributed by atoms with Crippen molar-refractivity contribution < 1.29 is 19.1 Å². The summed E-state index contributed by atoms with van der Waals surface area (Å²) in [7, 11) is 0. The van der Waals surface area contributed by atoms with Crippen LogP contribution in [-0.2, 0) is 4.79 Å². The largest absolute Gasteiger partial charge is 0.481 e. The average molecular weight is 350 g/mol. The summed E-state index contributed by atoms with van der Waals surface area (Å²) in [4.78, 5) is 30.6. The van der Waals surface area contributed by atoms with Crippen molar-refractivity contribution in [3.63, 3.8) is 0 Å². The number of carbonyl (C=O) groups excluding carboxylic acids is 1. The molecular formula is C20H18N2O4. The van der Waals surface area contributed by atoms with Gasteiger partial charge in [-0.2, -0.15) is 0 Å². The van der Waals surface area contributed by atoms with Crippen LogP contribution < -0.4 is 0 Å². The van der Waals surface area contributed by atoms with E-state index in [1.165, 1.54) is 0 Å². The fraction of sp³-hybridized carbons (Fsp3) is 0.250. The fourth-order valence-electron chi connectivity index (χ4n) is 3.40. The van der Waals surface area contributed by atoms with E-state index < -0.39 is 5.97 Å². The molecule has 1 saturated heterocycles. The number of benzene rings is 1. The molecule has 4 rings (SSSR count). The van der Waals surface area contributed by atoms with Gasteiger partial charge in [0.05, 0.1) is 23.3 Å². The highest BCUT2D eigenvalue weighted by Crippen LogP contribution is 2.27. The normalized spacial score (nSPS) is 15.3. The fourth-order valence-corrected chi connectivity index (χ4v) is 3.40. The molecule has 0 spiro atoms. The Kier molecular flexibility index (Phi) is 4.16. The Morgan fingerprint density at radius 3 is 2.58 bits per heavy atom. The van der Waals surface area contributed by atoms with Gasteiger partial charge in [0.15, 0.2) is 5.76 Å².